The van der Waals surface area contributed by atoms with Gasteiger partial charge in [0.05, 0.1) is 0 Å². The molecule has 0 radical (unpaired) electrons. The van der Waals surface area contributed by atoms with Crippen LogP contribution in [0.2, 0.25) is 0 Å². The van der Waals surface area contributed by atoms with Crippen LogP contribution in [0, 0.1) is 0 Å². The van der Waals surface area contributed by atoms with Gasteiger partial charge in [-0.05, 0) is 54.5 Å². The molecule has 0 saturated heterocycles. The molecule has 0 saturated carbocycles. The lowest BCUT2D eigenvalue weighted by atomic mass is 9.78. The number of halogens is 4. The van der Waals surface area contributed by atoms with Crippen molar-refractivity contribution in [2.45, 2.75) is 25.7 Å². The van der Waals surface area contributed by atoms with Gasteiger partial charge in [0.25, 0.3) is 0 Å². The Hall–Kier alpha value is -3.41. The molecule has 1 heterocycles. The first-order valence-electron chi connectivity index (χ1n) is 11.5. The molecule has 0 N–H and O–H groups in total. The summed E-state index contributed by atoms with van der Waals surface area (Å²) in [5.74, 6) is 0. The van der Waals surface area contributed by atoms with Crippen molar-refractivity contribution in [2.75, 3.05) is 0 Å². The van der Waals surface area contributed by atoms with Crippen LogP contribution in [0.25, 0.3) is 33.6 Å². The van der Waals surface area contributed by atoms with Gasteiger partial charge in [-0.15, -0.1) is 0 Å². The van der Waals surface area contributed by atoms with E-state index in [0.717, 1.165) is 25.7 Å². The van der Waals surface area contributed by atoms with Crippen LogP contribution < -0.4 is 4.57 Å². The lowest BCUT2D eigenvalue weighted by Crippen LogP contribution is -2.39. The summed E-state index contributed by atoms with van der Waals surface area (Å²) >= 11 is 0. The van der Waals surface area contributed by atoms with E-state index in [9.17, 15) is 17.3 Å². The van der Waals surface area contributed by atoms with E-state index in [1.165, 1.54) is 55.9 Å². The van der Waals surface area contributed by atoms with E-state index in [1.807, 2.05) is 0 Å². The fraction of sp³-hybridized carbons (Fsp3) is 0.179. The first-order chi connectivity index (χ1) is 16.3. The molecule has 1 nitrogen and oxygen atoms in total. The van der Waals surface area contributed by atoms with Crippen LogP contribution in [0.4, 0.5) is 17.3 Å². The van der Waals surface area contributed by atoms with E-state index >= 15 is 0 Å². The maximum Gasteiger partial charge on any atom is 0.673 e. The Labute approximate surface area is 196 Å². The van der Waals surface area contributed by atoms with Crippen molar-refractivity contribution in [3.8, 4) is 33.6 Å². The van der Waals surface area contributed by atoms with E-state index in [-0.39, 0.29) is 0 Å². The SMILES string of the molecule is C[n+]1c2c(c(-c3ccccc3)c3c1-c1ccccc1CC3)CCc1ccccc1-2.F[B-](F)(F)F. The summed E-state index contributed by atoms with van der Waals surface area (Å²) in [6.07, 6.45) is 4.47. The summed E-state index contributed by atoms with van der Waals surface area (Å²) in [7, 11) is -3.73. The number of aryl methyl sites for hydroxylation is 2. The molecule has 0 bridgehead atoms. The fourth-order valence-corrected chi connectivity index (χ4v) is 5.52. The Kier molecular flexibility index (Phi) is 5.76. The Bertz CT molecular complexity index is 1280. The van der Waals surface area contributed by atoms with Crippen molar-refractivity contribution in [2.24, 2.45) is 7.05 Å². The third-order valence-electron chi connectivity index (χ3n) is 6.74. The van der Waals surface area contributed by atoms with E-state index in [0.29, 0.717) is 0 Å². The highest BCUT2D eigenvalue weighted by Crippen LogP contribution is 2.44. The van der Waals surface area contributed by atoms with Crippen LogP contribution >= 0.6 is 0 Å². The molecule has 6 heteroatoms. The van der Waals surface area contributed by atoms with Gasteiger partial charge in [-0.25, -0.2) is 0 Å². The van der Waals surface area contributed by atoms with Crippen LogP contribution in [0.1, 0.15) is 22.3 Å². The maximum atomic E-state index is 9.75. The molecule has 4 aromatic rings. The number of nitrogens with zero attached hydrogens (tertiary/aromatic N) is 1. The van der Waals surface area contributed by atoms with Crippen LogP contribution in [0.15, 0.2) is 78.9 Å². The molecule has 2 aliphatic rings. The molecule has 2 aliphatic carbocycles. The summed E-state index contributed by atoms with van der Waals surface area (Å²) in [5, 5.41) is 0. The van der Waals surface area contributed by atoms with E-state index in [2.05, 4.69) is 90.5 Å². The molecular formula is C28H24BF4N. The zero-order chi connectivity index (χ0) is 23.9. The molecule has 6 rings (SSSR count). The molecule has 0 aliphatic heterocycles. The zero-order valence-corrected chi connectivity index (χ0v) is 18.9. The Morgan fingerprint density at radius 1 is 0.588 bits per heavy atom. The Balaban J connectivity index is 0.000000439. The standard InChI is InChI=1S/C28H24N.BF4/c1-29-27-22-13-7-5-9-19(22)15-17-24(27)26(21-11-3-2-4-12-21)25-18-16-20-10-6-8-14-23(20)28(25)29;2-1(3,4)5/h2-14H,15-18H2,1H3;/q+1;-1. The average molecular weight is 461 g/mol. The van der Waals surface area contributed by atoms with Crippen molar-refractivity contribution >= 4 is 7.25 Å². The fourth-order valence-electron chi connectivity index (χ4n) is 5.52. The monoisotopic (exact) mass is 461 g/mol. The van der Waals surface area contributed by atoms with Crippen molar-refractivity contribution in [3.05, 3.63) is 101 Å². The summed E-state index contributed by atoms with van der Waals surface area (Å²) in [5.41, 5.74) is 14.4. The zero-order valence-electron chi connectivity index (χ0n) is 18.9. The number of rotatable bonds is 1. The average Bonchev–Trinajstić information content (AvgIpc) is 2.83. The minimum atomic E-state index is -6.00. The van der Waals surface area contributed by atoms with E-state index in [4.69, 9.17) is 0 Å². The molecule has 0 spiro atoms. The molecule has 172 valence electrons. The van der Waals surface area contributed by atoms with Gasteiger partial charge in [-0.3, -0.25) is 0 Å². The van der Waals surface area contributed by atoms with Gasteiger partial charge in [-0.2, -0.15) is 4.57 Å². The second-order valence-electron chi connectivity index (χ2n) is 8.76. The maximum absolute atomic E-state index is 9.75. The molecular weight excluding hydrogens is 437 g/mol. The number of fused-ring (bicyclic) bond motifs is 6. The molecule has 1 aromatic heterocycles. The largest absolute Gasteiger partial charge is 0.673 e. The topological polar surface area (TPSA) is 3.88 Å². The Morgan fingerprint density at radius 3 is 1.47 bits per heavy atom. The highest BCUT2D eigenvalue weighted by atomic mass is 19.5. The normalized spacial score (nSPS) is 13.6. The number of aromatic nitrogens is 1. The predicted molar refractivity (Wildman–Crippen MR) is 129 cm³/mol. The second-order valence-corrected chi connectivity index (χ2v) is 8.76. The molecule has 0 atom stereocenters. The van der Waals surface area contributed by atoms with Gasteiger partial charge < -0.3 is 17.3 Å². The quantitative estimate of drug-likeness (QED) is 0.163. The van der Waals surface area contributed by atoms with Crippen LogP contribution in [-0.4, -0.2) is 7.25 Å². The van der Waals surface area contributed by atoms with E-state index < -0.39 is 7.25 Å². The highest BCUT2D eigenvalue weighted by Gasteiger charge is 2.35. The molecule has 0 unspecified atom stereocenters. The second kappa shape index (κ2) is 8.75. The van der Waals surface area contributed by atoms with E-state index in [1.54, 1.807) is 0 Å². The molecule has 0 amide bonds. The third-order valence-corrected chi connectivity index (χ3v) is 6.74. The van der Waals surface area contributed by atoms with Gasteiger partial charge in [0.15, 0.2) is 0 Å². The molecule has 0 fully saturated rings. The minimum Gasteiger partial charge on any atom is -0.418 e. The number of pyridine rings is 1. The highest BCUT2D eigenvalue weighted by molar-refractivity contribution is 6.50. The van der Waals surface area contributed by atoms with Crippen molar-refractivity contribution in [3.63, 3.8) is 0 Å². The lowest BCUT2D eigenvalue weighted by molar-refractivity contribution is -0.650. The summed E-state index contributed by atoms with van der Waals surface area (Å²) in [4.78, 5) is 0. The predicted octanol–water partition coefficient (Wildman–Crippen LogP) is 7.01. The first kappa shape index (κ1) is 22.4. The molecule has 3 aromatic carbocycles. The summed E-state index contributed by atoms with van der Waals surface area (Å²) < 4.78 is 41.5. The van der Waals surface area contributed by atoms with Crippen molar-refractivity contribution < 1.29 is 21.8 Å². The van der Waals surface area contributed by atoms with Crippen molar-refractivity contribution in [1.29, 1.82) is 0 Å². The smallest absolute Gasteiger partial charge is 0.418 e. The lowest BCUT2D eigenvalue weighted by Gasteiger charge is -2.27. The Morgan fingerprint density at radius 2 is 1.00 bits per heavy atom. The van der Waals surface area contributed by atoms with Crippen LogP contribution in [0.5, 0.6) is 0 Å². The van der Waals surface area contributed by atoms with Gasteiger partial charge >= 0.3 is 7.25 Å². The number of hydrogen-bond donors (Lipinski definition) is 0. The van der Waals surface area contributed by atoms with Crippen molar-refractivity contribution in [1.82, 2.24) is 0 Å². The van der Waals surface area contributed by atoms with Gasteiger partial charge in [-0.1, -0.05) is 66.7 Å². The minimum absolute atomic E-state index is 1.11. The van der Waals surface area contributed by atoms with Gasteiger partial charge in [0.2, 0.25) is 11.4 Å². The number of hydrogen-bond acceptors (Lipinski definition) is 0. The van der Waals surface area contributed by atoms with Gasteiger partial charge in [0, 0.05) is 27.8 Å². The van der Waals surface area contributed by atoms with Crippen LogP contribution in [-0.2, 0) is 32.7 Å². The van der Waals surface area contributed by atoms with Gasteiger partial charge in [0.1, 0.15) is 7.05 Å². The number of benzene rings is 3. The first-order valence-corrected chi connectivity index (χ1v) is 11.5. The molecule has 34 heavy (non-hydrogen) atoms. The summed E-state index contributed by atoms with van der Waals surface area (Å²) in [6, 6.07) is 29.0. The third kappa shape index (κ3) is 4.13. The van der Waals surface area contributed by atoms with Crippen LogP contribution in [0.3, 0.4) is 0 Å². The summed E-state index contributed by atoms with van der Waals surface area (Å²) in [6.45, 7) is 0.